The minimum atomic E-state index is -3.64. The Labute approximate surface area is 148 Å². The van der Waals surface area contributed by atoms with Crippen LogP contribution in [0.25, 0.3) is 11.1 Å². The molecule has 1 saturated heterocycles. The van der Waals surface area contributed by atoms with Gasteiger partial charge in [-0.15, -0.1) is 11.3 Å². The van der Waals surface area contributed by atoms with Crippen LogP contribution in [0.3, 0.4) is 0 Å². The van der Waals surface area contributed by atoms with Gasteiger partial charge in [-0.1, -0.05) is 0 Å². The Kier molecular flexibility index (Phi) is 4.01. The summed E-state index contributed by atoms with van der Waals surface area (Å²) < 4.78 is 34.0. The molecule has 0 amide bonds. The monoisotopic (exact) mass is 379 g/mol. The summed E-state index contributed by atoms with van der Waals surface area (Å²) in [5.41, 5.74) is 0.852. The molecule has 0 aliphatic carbocycles. The van der Waals surface area contributed by atoms with Gasteiger partial charge in [-0.05, 0) is 25.0 Å². The number of aromatic nitrogens is 2. The lowest BCUT2D eigenvalue weighted by Gasteiger charge is -2.30. The number of sulfonamides is 1. The molecule has 4 rings (SSSR count). The van der Waals surface area contributed by atoms with Gasteiger partial charge in [0.2, 0.25) is 10.0 Å². The fraction of sp³-hybridized carbons (Fsp3) is 0.375. The molecule has 1 fully saturated rings. The van der Waals surface area contributed by atoms with Crippen LogP contribution in [-0.4, -0.2) is 35.4 Å². The van der Waals surface area contributed by atoms with E-state index in [1.165, 1.54) is 21.0 Å². The summed E-state index contributed by atoms with van der Waals surface area (Å²) in [6.07, 6.45) is 3.48. The maximum atomic E-state index is 13.0. The van der Waals surface area contributed by atoms with Crippen LogP contribution in [0.15, 0.2) is 43.9 Å². The molecule has 132 valence electrons. The average Bonchev–Trinajstić information content (AvgIpc) is 3.24. The minimum Gasteiger partial charge on any atom is -0.408 e. The van der Waals surface area contributed by atoms with E-state index in [-0.39, 0.29) is 16.4 Å². The summed E-state index contributed by atoms with van der Waals surface area (Å²) in [6, 6.07) is 4.56. The molecule has 1 aliphatic rings. The van der Waals surface area contributed by atoms with Crippen LogP contribution >= 0.6 is 11.3 Å². The number of thiazole rings is 1. The Bertz CT molecular complexity index is 1070. The second kappa shape index (κ2) is 6.08. The molecule has 1 unspecified atom stereocenters. The molecular formula is C16H17N3O4S2. The topological polar surface area (TPSA) is 85.4 Å². The third-order valence-corrected chi connectivity index (χ3v) is 7.39. The van der Waals surface area contributed by atoms with Crippen LogP contribution < -0.4 is 5.76 Å². The molecule has 7 nitrogen and oxygen atoms in total. The smallest absolute Gasteiger partial charge is 0.408 e. The Balaban J connectivity index is 1.68. The molecule has 9 heteroatoms. The molecule has 2 aromatic heterocycles. The van der Waals surface area contributed by atoms with Crippen LogP contribution in [0, 0.1) is 0 Å². The SMILES string of the molecule is Cn1c(=O)oc2cc(S(=O)(=O)N3CCCC(c4nccs4)C3)ccc21. The van der Waals surface area contributed by atoms with Crippen LogP contribution in [0.1, 0.15) is 23.8 Å². The average molecular weight is 379 g/mol. The Morgan fingerprint density at radius 1 is 1.36 bits per heavy atom. The van der Waals surface area contributed by atoms with Crippen molar-refractivity contribution < 1.29 is 12.8 Å². The molecule has 0 radical (unpaired) electrons. The van der Waals surface area contributed by atoms with Gasteiger partial charge < -0.3 is 4.42 Å². The van der Waals surface area contributed by atoms with E-state index in [9.17, 15) is 13.2 Å². The van der Waals surface area contributed by atoms with Gasteiger partial charge in [-0.3, -0.25) is 4.57 Å². The Morgan fingerprint density at radius 3 is 2.96 bits per heavy atom. The lowest BCUT2D eigenvalue weighted by atomic mass is 10.0. The van der Waals surface area contributed by atoms with Crippen molar-refractivity contribution in [2.45, 2.75) is 23.7 Å². The highest BCUT2D eigenvalue weighted by Gasteiger charge is 2.32. The van der Waals surface area contributed by atoms with Crippen LogP contribution in [0.5, 0.6) is 0 Å². The van der Waals surface area contributed by atoms with Gasteiger partial charge >= 0.3 is 5.76 Å². The molecule has 0 spiro atoms. The standard InChI is InChI=1S/C16H17N3O4S2/c1-18-13-5-4-12(9-14(13)23-16(18)20)25(21,22)19-7-2-3-11(10-19)15-17-6-8-24-15/h4-6,8-9,11H,2-3,7,10H2,1H3. The van der Waals surface area contributed by atoms with Gasteiger partial charge in [0.05, 0.1) is 15.4 Å². The molecule has 1 aliphatic heterocycles. The first-order chi connectivity index (χ1) is 12.0. The third kappa shape index (κ3) is 2.82. The van der Waals surface area contributed by atoms with Crippen LogP contribution in [0.2, 0.25) is 0 Å². The van der Waals surface area contributed by atoms with Crippen LogP contribution in [0.4, 0.5) is 0 Å². The van der Waals surface area contributed by atoms with Gasteiger partial charge in [0.15, 0.2) is 5.58 Å². The maximum absolute atomic E-state index is 13.0. The summed E-state index contributed by atoms with van der Waals surface area (Å²) in [4.78, 5) is 16.1. The number of aryl methyl sites for hydroxylation is 1. The molecule has 0 saturated carbocycles. The molecular weight excluding hydrogens is 362 g/mol. The summed E-state index contributed by atoms with van der Waals surface area (Å²) in [6.45, 7) is 0.910. The molecule has 3 heterocycles. The molecule has 0 N–H and O–H groups in total. The molecule has 1 aromatic carbocycles. The lowest BCUT2D eigenvalue weighted by Crippen LogP contribution is -2.39. The number of hydrogen-bond donors (Lipinski definition) is 0. The number of fused-ring (bicyclic) bond motifs is 1. The van der Waals surface area contributed by atoms with Crippen molar-refractivity contribution in [1.82, 2.24) is 13.9 Å². The van der Waals surface area contributed by atoms with Crippen molar-refractivity contribution in [3.63, 3.8) is 0 Å². The first kappa shape index (κ1) is 16.5. The van der Waals surface area contributed by atoms with Gasteiger partial charge in [0.25, 0.3) is 0 Å². The first-order valence-electron chi connectivity index (χ1n) is 7.96. The number of rotatable bonds is 3. The molecule has 3 aromatic rings. The lowest BCUT2D eigenvalue weighted by molar-refractivity contribution is 0.315. The quantitative estimate of drug-likeness (QED) is 0.696. The summed E-state index contributed by atoms with van der Waals surface area (Å²) in [7, 11) is -2.05. The zero-order chi connectivity index (χ0) is 17.6. The van der Waals surface area contributed by atoms with E-state index >= 15 is 0 Å². The van der Waals surface area contributed by atoms with E-state index in [2.05, 4.69) is 4.98 Å². The van der Waals surface area contributed by atoms with Gasteiger partial charge in [-0.25, -0.2) is 18.2 Å². The van der Waals surface area contributed by atoms with Crippen LogP contribution in [-0.2, 0) is 17.1 Å². The van der Waals surface area contributed by atoms with Crippen molar-refractivity contribution in [3.05, 3.63) is 45.3 Å². The van der Waals surface area contributed by atoms with E-state index in [4.69, 9.17) is 4.42 Å². The first-order valence-corrected chi connectivity index (χ1v) is 10.3. The molecule has 25 heavy (non-hydrogen) atoms. The zero-order valence-electron chi connectivity index (χ0n) is 13.6. The van der Waals surface area contributed by atoms with Gasteiger partial charge in [0.1, 0.15) is 0 Å². The predicted octanol–water partition coefficient (Wildman–Crippen LogP) is 2.16. The largest absolute Gasteiger partial charge is 0.419 e. The third-order valence-electron chi connectivity index (χ3n) is 4.59. The number of oxazole rings is 1. The Hall–Kier alpha value is -1.97. The van der Waals surface area contributed by atoms with Crippen molar-refractivity contribution in [1.29, 1.82) is 0 Å². The summed E-state index contributed by atoms with van der Waals surface area (Å²) in [5, 5.41) is 2.89. The maximum Gasteiger partial charge on any atom is 0.419 e. The van der Waals surface area contributed by atoms with E-state index in [0.717, 1.165) is 17.8 Å². The summed E-state index contributed by atoms with van der Waals surface area (Å²) >= 11 is 1.56. The normalized spacial score (nSPS) is 19.5. The Morgan fingerprint density at radius 2 is 2.20 bits per heavy atom. The second-order valence-corrected chi connectivity index (χ2v) is 8.99. The minimum absolute atomic E-state index is 0.127. The highest BCUT2D eigenvalue weighted by Crippen LogP contribution is 2.31. The van der Waals surface area contributed by atoms with E-state index in [0.29, 0.717) is 18.6 Å². The number of hydrogen-bond acceptors (Lipinski definition) is 6. The van der Waals surface area contributed by atoms with E-state index in [1.807, 2.05) is 5.38 Å². The highest BCUT2D eigenvalue weighted by molar-refractivity contribution is 7.89. The number of benzene rings is 1. The predicted molar refractivity (Wildman–Crippen MR) is 94.3 cm³/mol. The van der Waals surface area contributed by atoms with Crippen molar-refractivity contribution >= 4 is 32.5 Å². The fourth-order valence-electron chi connectivity index (χ4n) is 3.22. The van der Waals surface area contributed by atoms with Crippen molar-refractivity contribution in [3.8, 4) is 0 Å². The number of piperidine rings is 1. The second-order valence-electron chi connectivity index (χ2n) is 6.13. The van der Waals surface area contributed by atoms with Crippen molar-refractivity contribution in [2.24, 2.45) is 7.05 Å². The van der Waals surface area contributed by atoms with E-state index in [1.54, 1.807) is 30.6 Å². The fourth-order valence-corrected chi connectivity index (χ4v) is 5.53. The highest BCUT2D eigenvalue weighted by atomic mass is 32.2. The van der Waals surface area contributed by atoms with Crippen molar-refractivity contribution in [2.75, 3.05) is 13.1 Å². The summed E-state index contributed by atoms with van der Waals surface area (Å²) in [5.74, 6) is -0.381. The van der Waals surface area contributed by atoms with E-state index < -0.39 is 15.8 Å². The molecule has 0 bridgehead atoms. The number of nitrogens with zero attached hydrogens (tertiary/aromatic N) is 3. The molecule has 1 atom stereocenters. The van der Waals surface area contributed by atoms with Gasteiger partial charge in [-0.2, -0.15) is 4.31 Å². The van der Waals surface area contributed by atoms with Gasteiger partial charge in [0, 0.05) is 43.7 Å². The zero-order valence-corrected chi connectivity index (χ0v) is 15.2.